The van der Waals surface area contributed by atoms with Crippen molar-refractivity contribution >= 4 is 23.8 Å². The first-order chi connectivity index (χ1) is 8.74. The lowest BCUT2D eigenvalue weighted by Gasteiger charge is -2.25. The van der Waals surface area contributed by atoms with Gasteiger partial charge in [-0.25, -0.2) is 10.2 Å². The van der Waals surface area contributed by atoms with Gasteiger partial charge in [0.25, 0.3) is 11.8 Å². The lowest BCUT2D eigenvalue weighted by molar-refractivity contribution is -0.139. The molecule has 0 aliphatic carbocycles. The Balaban J connectivity index is 2.50. The Morgan fingerprint density at radius 2 is 1.74 bits per heavy atom. The predicted molar refractivity (Wildman–Crippen MR) is 63.6 cm³/mol. The summed E-state index contributed by atoms with van der Waals surface area (Å²) in [5.41, 5.74) is 2.86. The molecule has 0 aromatic carbocycles. The fourth-order valence-corrected chi connectivity index (χ4v) is 1.44. The molecule has 8 heteroatoms. The highest BCUT2D eigenvalue weighted by atomic mass is 16.4. The number of hydrazine groups is 1. The van der Waals surface area contributed by atoms with Crippen molar-refractivity contribution in [3.63, 3.8) is 0 Å². The Morgan fingerprint density at radius 1 is 1.21 bits per heavy atom. The van der Waals surface area contributed by atoms with Gasteiger partial charge in [0.15, 0.2) is 0 Å². The van der Waals surface area contributed by atoms with Crippen molar-refractivity contribution in [1.29, 1.82) is 0 Å². The Kier molecular flexibility index (Phi) is 4.26. The van der Waals surface area contributed by atoms with Crippen LogP contribution in [0.3, 0.4) is 0 Å². The van der Waals surface area contributed by atoms with Crippen LogP contribution in [0.1, 0.15) is 20.3 Å². The number of hydrogen-bond acceptors (Lipinski definition) is 4. The molecule has 19 heavy (non-hydrogen) atoms. The van der Waals surface area contributed by atoms with Crippen molar-refractivity contribution in [2.24, 2.45) is 5.41 Å². The summed E-state index contributed by atoms with van der Waals surface area (Å²) in [5, 5.41) is 8.37. The van der Waals surface area contributed by atoms with Gasteiger partial charge >= 0.3 is 6.09 Å². The number of carbonyl (C=O) groups is 4. The van der Waals surface area contributed by atoms with Crippen molar-refractivity contribution in [3.05, 3.63) is 12.2 Å². The Labute approximate surface area is 109 Å². The second kappa shape index (κ2) is 5.51. The van der Waals surface area contributed by atoms with Crippen LogP contribution in [0.5, 0.6) is 0 Å². The number of imide groups is 1. The van der Waals surface area contributed by atoms with E-state index in [0.29, 0.717) is 0 Å². The zero-order chi connectivity index (χ0) is 14.6. The second-order valence-corrected chi connectivity index (χ2v) is 4.68. The second-order valence-electron chi connectivity index (χ2n) is 4.68. The normalized spacial score (nSPS) is 14.7. The van der Waals surface area contributed by atoms with E-state index in [0.717, 1.165) is 4.90 Å². The number of amides is 4. The van der Waals surface area contributed by atoms with Gasteiger partial charge in [-0.15, -0.1) is 0 Å². The van der Waals surface area contributed by atoms with Gasteiger partial charge in [-0.2, -0.15) is 0 Å². The zero-order valence-corrected chi connectivity index (χ0v) is 10.6. The molecular weight excluding hydrogens is 254 g/mol. The number of carboxylic acid groups (broad SMARTS) is 1. The lowest BCUT2D eigenvalue weighted by Crippen LogP contribution is -2.48. The SMILES string of the molecule is CC(C)(CCN1C(=O)C=CC1=O)C(=O)NNC(=O)O. The summed E-state index contributed by atoms with van der Waals surface area (Å²) in [4.78, 5) is 45.6. The molecule has 1 heterocycles. The first-order valence-corrected chi connectivity index (χ1v) is 5.57. The van der Waals surface area contributed by atoms with E-state index in [-0.39, 0.29) is 13.0 Å². The van der Waals surface area contributed by atoms with E-state index in [1.807, 2.05) is 5.43 Å². The third kappa shape index (κ3) is 3.80. The van der Waals surface area contributed by atoms with Crippen LogP contribution < -0.4 is 10.9 Å². The van der Waals surface area contributed by atoms with E-state index in [9.17, 15) is 19.2 Å². The topological polar surface area (TPSA) is 116 Å². The van der Waals surface area contributed by atoms with E-state index >= 15 is 0 Å². The maximum Gasteiger partial charge on any atom is 0.423 e. The Bertz CT molecular complexity index is 437. The van der Waals surface area contributed by atoms with Crippen molar-refractivity contribution in [2.75, 3.05) is 6.54 Å². The molecule has 104 valence electrons. The van der Waals surface area contributed by atoms with Crippen LogP contribution in [0.4, 0.5) is 4.79 Å². The summed E-state index contributed by atoms with van der Waals surface area (Å²) in [6.45, 7) is 3.27. The molecule has 0 atom stereocenters. The molecule has 0 bridgehead atoms. The summed E-state index contributed by atoms with van der Waals surface area (Å²) in [5.74, 6) is -1.36. The minimum Gasteiger partial charge on any atom is -0.464 e. The van der Waals surface area contributed by atoms with Gasteiger partial charge in [-0.1, -0.05) is 13.8 Å². The van der Waals surface area contributed by atoms with Crippen LogP contribution in [0.25, 0.3) is 0 Å². The number of nitrogens with one attached hydrogen (secondary N) is 2. The van der Waals surface area contributed by atoms with Gasteiger partial charge < -0.3 is 5.11 Å². The highest BCUT2D eigenvalue weighted by molar-refractivity contribution is 6.12. The van der Waals surface area contributed by atoms with Gasteiger partial charge in [0, 0.05) is 24.1 Å². The van der Waals surface area contributed by atoms with Crippen LogP contribution in [-0.2, 0) is 14.4 Å². The van der Waals surface area contributed by atoms with Crippen molar-refractivity contribution < 1.29 is 24.3 Å². The molecule has 0 fully saturated rings. The summed E-state index contributed by atoms with van der Waals surface area (Å²) >= 11 is 0. The molecule has 0 unspecified atom stereocenters. The smallest absolute Gasteiger partial charge is 0.423 e. The van der Waals surface area contributed by atoms with E-state index in [2.05, 4.69) is 0 Å². The van der Waals surface area contributed by atoms with Gasteiger partial charge in [0.05, 0.1) is 0 Å². The molecule has 1 aliphatic rings. The first-order valence-electron chi connectivity index (χ1n) is 5.57. The fraction of sp³-hybridized carbons (Fsp3) is 0.455. The van der Waals surface area contributed by atoms with Crippen LogP contribution in [0.15, 0.2) is 12.2 Å². The zero-order valence-electron chi connectivity index (χ0n) is 10.6. The van der Waals surface area contributed by atoms with Crippen LogP contribution in [-0.4, -0.2) is 40.4 Å². The lowest BCUT2D eigenvalue weighted by atomic mass is 9.88. The highest BCUT2D eigenvalue weighted by Crippen LogP contribution is 2.21. The molecular formula is C11H15N3O5. The largest absolute Gasteiger partial charge is 0.464 e. The number of rotatable bonds is 4. The summed E-state index contributed by atoms with van der Waals surface area (Å²) in [6, 6.07) is 0. The molecule has 1 aliphatic heterocycles. The average molecular weight is 269 g/mol. The molecule has 0 spiro atoms. The maximum atomic E-state index is 11.7. The van der Waals surface area contributed by atoms with E-state index in [4.69, 9.17) is 5.11 Å². The van der Waals surface area contributed by atoms with Gasteiger partial charge in [0.1, 0.15) is 0 Å². The van der Waals surface area contributed by atoms with Gasteiger partial charge in [-0.3, -0.25) is 24.7 Å². The van der Waals surface area contributed by atoms with E-state index in [1.54, 1.807) is 19.3 Å². The minimum absolute atomic E-state index is 0.0954. The molecule has 4 amide bonds. The molecule has 3 N–H and O–H groups in total. The number of carbonyl (C=O) groups excluding carboxylic acids is 3. The van der Waals surface area contributed by atoms with E-state index < -0.39 is 29.2 Å². The monoisotopic (exact) mass is 269 g/mol. The fourth-order valence-electron chi connectivity index (χ4n) is 1.44. The van der Waals surface area contributed by atoms with Crippen LogP contribution >= 0.6 is 0 Å². The summed E-state index contributed by atoms with van der Waals surface area (Å²) in [6.07, 6.45) is 1.18. The summed E-state index contributed by atoms with van der Waals surface area (Å²) < 4.78 is 0. The number of nitrogens with zero attached hydrogens (tertiary/aromatic N) is 1. The summed E-state index contributed by atoms with van der Waals surface area (Å²) in [7, 11) is 0. The third-order valence-electron chi connectivity index (χ3n) is 2.76. The van der Waals surface area contributed by atoms with Gasteiger partial charge in [-0.05, 0) is 6.42 Å². The molecule has 0 saturated heterocycles. The first kappa shape index (κ1) is 14.7. The Hall–Kier alpha value is -2.38. The number of hydrogen-bond donors (Lipinski definition) is 3. The Morgan fingerprint density at radius 3 is 2.21 bits per heavy atom. The molecule has 8 nitrogen and oxygen atoms in total. The standard InChI is InChI=1S/C11H15N3O5/c1-11(2,9(17)12-13-10(18)19)5-6-14-7(15)3-4-8(14)16/h3-4,13H,5-6H2,1-2H3,(H,12,17)(H,18,19). The van der Waals surface area contributed by atoms with Gasteiger partial charge in [0.2, 0.25) is 5.91 Å². The predicted octanol–water partition coefficient (Wildman–Crippen LogP) is -0.373. The van der Waals surface area contributed by atoms with E-state index in [1.165, 1.54) is 12.2 Å². The molecule has 0 aromatic rings. The minimum atomic E-state index is -1.38. The van der Waals surface area contributed by atoms with Crippen molar-refractivity contribution in [3.8, 4) is 0 Å². The molecule has 0 aromatic heterocycles. The van der Waals surface area contributed by atoms with Crippen molar-refractivity contribution in [1.82, 2.24) is 15.8 Å². The van der Waals surface area contributed by atoms with Crippen LogP contribution in [0, 0.1) is 5.41 Å². The van der Waals surface area contributed by atoms with Crippen molar-refractivity contribution in [2.45, 2.75) is 20.3 Å². The molecule has 0 saturated carbocycles. The molecule has 0 radical (unpaired) electrons. The van der Waals surface area contributed by atoms with Crippen LogP contribution in [0.2, 0.25) is 0 Å². The molecule has 1 rings (SSSR count). The average Bonchev–Trinajstić information content (AvgIpc) is 2.63. The quantitative estimate of drug-likeness (QED) is 0.475. The highest BCUT2D eigenvalue weighted by Gasteiger charge is 2.31. The third-order valence-corrected chi connectivity index (χ3v) is 2.76. The maximum absolute atomic E-state index is 11.7.